The highest BCUT2D eigenvalue weighted by Gasteiger charge is 2.17. The van der Waals surface area contributed by atoms with E-state index >= 15 is 0 Å². The number of rotatable bonds is 7. The van der Waals surface area contributed by atoms with Crippen molar-refractivity contribution in [2.75, 3.05) is 6.54 Å². The van der Waals surface area contributed by atoms with Crippen LogP contribution >= 0.6 is 22.7 Å². The fourth-order valence-corrected chi connectivity index (χ4v) is 4.82. The topological polar surface area (TPSA) is 66.4 Å². The van der Waals surface area contributed by atoms with Crippen molar-refractivity contribution < 1.29 is 13.5 Å². The minimum absolute atomic E-state index is 0.221. The zero-order valence-corrected chi connectivity index (χ0v) is 13.5. The summed E-state index contributed by atoms with van der Waals surface area (Å²) in [5.74, 6) is 0. The molecule has 0 aliphatic heterocycles. The Morgan fingerprint density at radius 1 is 1.35 bits per heavy atom. The Morgan fingerprint density at radius 2 is 2.15 bits per heavy atom. The SMILES string of the molecule is CCc1ccc(S(=O)(=O)NCCC(O)c2ccsc2)s1. The molecule has 2 aromatic heterocycles. The molecule has 0 saturated heterocycles. The maximum atomic E-state index is 12.0. The highest BCUT2D eigenvalue weighted by molar-refractivity contribution is 7.91. The second-order valence-corrected chi connectivity index (χ2v) is 8.28. The van der Waals surface area contributed by atoms with Crippen LogP contribution in [-0.4, -0.2) is 20.1 Å². The van der Waals surface area contributed by atoms with Crippen LogP contribution in [0.25, 0.3) is 0 Å². The van der Waals surface area contributed by atoms with Crippen LogP contribution in [0.3, 0.4) is 0 Å². The Morgan fingerprint density at radius 3 is 2.75 bits per heavy atom. The average molecular weight is 331 g/mol. The van der Waals surface area contributed by atoms with Gasteiger partial charge in [-0.2, -0.15) is 11.3 Å². The van der Waals surface area contributed by atoms with Gasteiger partial charge >= 0.3 is 0 Å². The quantitative estimate of drug-likeness (QED) is 0.820. The number of thiophene rings is 2. The van der Waals surface area contributed by atoms with E-state index in [1.165, 1.54) is 22.7 Å². The summed E-state index contributed by atoms with van der Waals surface area (Å²) in [5, 5.41) is 13.6. The number of aryl methyl sites for hydroxylation is 1. The van der Waals surface area contributed by atoms with E-state index in [0.717, 1.165) is 16.9 Å². The zero-order chi connectivity index (χ0) is 14.6. The molecule has 0 spiro atoms. The van der Waals surface area contributed by atoms with Crippen LogP contribution in [0, 0.1) is 0 Å². The van der Waals surface area contributed by atoms with Gasteiger partial charge < -0.3 is 5.11 Å². The van der Waals surface area contributed by atoms with Crippen molar-refractivity contribution in [2.24, 2.45) is 0 Å². The Kier molecular flexibility index (Phi) is 5.34. The molecule has 0 radical (unpaired) electrons. The lowest BCUT2D eigenvalue weighted by Gasteiger charge is -2.09. The van der Waals surface area contributed by atoms with Crippen LogP contribution in [0.2, 0.25) is 0 Å². The molecular formula is C13H17NO3S3. The molecule has 2 N–H and O–H groups in total. The standard InChI is InChI=1S/C13H17NO3S3/c1-2-11-3-4-13(19-11)20(16,17)14-7-5-12(15)10-6-8-18-9-10/h3-4,6,8-9,12,14-15H,2,5,7H2,1H3. The Hall–Kier alpha value is -0.730. The van der Waals surface area contributed by atoms with E-state index in [1.54, 1.807) is 6.07 Å². The highest BCUT2D eigenvalue weighted by atomic mass is 32.2. The molecule has 0 fully saturated rings. The molecule has 0 aromatic carbocycles. The van der Waals surface area contributed by atoms with Gasteiger partial charge in [0, 0.05) is 11.4 Å². The van der Waals surface area contributed by atoms with Crippen LogP contribution in [0.15, 0.2) is 33.2 Å². The molecule has 1 unspecified atom stereocenters. The highest BCUT2D eigenvalue weighted by Crippen LogP contribution is 2.22. The zero-order valence-electron chi connectivity index (χ0n) is 11.1. The summed E-state index contributed by atoms with van der Waals surface area (Å²) >= 11 is 2.80. The van der Waals surface area contributed by atoms with Crippen molar-refractivity contribution in [3.8, 4) is 0 Å². The van der Waals surface area contributed by atoms with E-state index in [1.807, 2.05) is 29.8 Å². The largest absolute Gasteiger partial charge is 0.388 e. The summed E-state index contributed by atoms with van der Waals surface area (Å²) in [6, 6.07) is 5.30. The summed E-state index contributed by atoms with van der Waals surface area (Å²) < 4.78 is 27.0. The molecule has 7 heteroatoms. The van der Waals surface area contributed by atoms with Gasteiger partial charge in [-0.3, -0.25) is 0 Å². The van der Waals surface area contributed by atoms with Gasteiger partial charge in [0.1, 0.15) is 4.21 Å². The van der Waals surface area contributed by atoms with Crippen LogP contribution < -0.4 is 4.72 Å². The Labute approximate surface area is 127 Å². The fraction of sp³-hybridized carbons (Fsp3) is 0.385. The first kappa shape index (κ1) is 15.7. The van der Waals surface area contributed by atoms with Gasteiger partial charge in [0.05, 0.1) is 6.10 Å². The number of aliphatic hydroxyl groups is 1. The lowest BCUT2D eigenvalue weighted by atomic mass is 10.1. The van der Waals surface area contributed by atoms with Gasteiger partial charge in [-0.25, -0.2) is 13.1 Å². The van der Waals surface area contributed by atoms with Crippen molar-refractivity contribution >= 4 is 32.7 Å². The monoisotopic (exact) mass is 331 g/mol. The van der Waals surface area contributed by atoms with Gasteiger partial charge in [0.15, 0.2) is 0 Å². The van der Waals surface area contributed by atoms with Crippen LogP contribution in [0.1, 0.15) is 29.9 Å². The number of sulfonamides is 1. The first-order valence-corrected chi connectivity index (χ1v) is 9.55. The molecule has 0 saturated carbocycles. The maximum Gasteiger partial charge on any atom is 0.250 e. The summed E-state index contributed by atoms with van der Waals surface area (Å²) in [5.41, 5.74) is 0.832. The maximum absolute atomic E-state index is 12.0. The Bertz CT molecular complexity index is 632. The van der Waals surface area contributed by atoms with Crippen LogP contribution in [0.5, 0.6) is 0 Å². The van der Waals surface area contributed by atoms with Crippen molar-refractivity contribution in [2.45, 2.75) is 30.1 Å². The molecule has 110 valence electrons. The number of aliphatic hydroxyl groups excluding tert-OH is 1. The van der Waals surface area contributed by atoms with Gasteiger partial charge in [0.25, 0.3) is 0 Å². The van der Waals surface area contributed by atoms with Crippen molar-refractivity contribution in [3.05, 3.63) is 39.4 Å². The van der Waals surface area contributed by atoms with E-state index in [2.05, 4.69) is 4.72 Å². The van der Waals surface area contributed by atoms with Crippen molar-refractivity contribution in [3.63, 3.8) is 0 Å². The van der Waals surface area contributed by atoms with E-state index in [4.69, 9.17) is 0 Å². The minimum Gasteiger partial charge on any atom is -0.388 e. The summed E-state index contributed by atoms with van der Waals surface area (Å²) in [6.07, 6.45) is 0.567. The van der Waals surface area contributed by atoms with E-state index in [0.29, 0.717) is 10.6 Å². The molecule has 20 heavy (non-hydrogen) atoms. The lowest BCUT2D eigenvalue weighted by Crippen LogP contribution is -2.25. The van der Waals surface area contributed by atoms with Crippen LogP contribution in [-0.2, 0) is 16.4 Å². The second kappa shape index (κ2) is 6.82. The van der Waals surface area contributed by atoms with Crippen molar-refractivity contribution in [1.82, 2.24) is 4.72 Å². The smallest absolute Gasteiger partial charge is 0.250 e. The number of nitrogens with one attached hydrogen (secondary N) is 1. The third-order valence-electron chi connectivity index (χ3n) is 2.89. The lowest BCUT2D eigenvalue weighted by molar-refractivity contribution is 0.169. The number of hydrogen-bond donors (Lipinski definition) is 2. The number of hydrogen-bond acceptors (Lipinski definition) is 5. The first-order valence-electron chi connectivity index (χ1n) is 6.31. The minimum atomic E-state index is -3.45. The van der Waals surface area contributed by atoms with Gasteiger partial charge in [-0.05, 0) is 47.4 Å². The Balaban J connectivity index is 1.89. The van der Waals surface area contributed by atoms with Gasteiger partial charge in [-0.1, -0.05) is 6.92 Å². The van der Waals surface area contributed by atoms with E-state index in [9.17, 15) is 13.5 Å². The predicted octanol–water partition coefficient (Wildman–Crippen LogP) is 2.77. The van der Waals surface area contributed by atoms with E-state index in [-0.39, 0.29) is 6.54 Å². The average Bonchev–Trinajstić information content (AvgIpc) is 3.10. The van der Waals surface area contributed by atoms with Gasteiger partial charge in [-0.15, -0.1) is 11.3 Å². The predicted molar refractivity (Wildman–Crippen MR) is 82.8 cm³/mol. The molecule has 0 amide bonds. The third kappa shape index (κ3) is 3.89. The molecule has 0 aliphatic rings. The second-order valence-electron chi connectivity index (χ2n) is 4.33. The molecule has 2 aromatic rings. The third-order valence-corrected chi connectivity index (χ3v) is 6.77. The molecule has 2 rings (SSSR count). The van der Waals surface area contributed by atoms with Crippen molar-refractivity contribution in [1.29, 1.82) is 0 Å². The molecule has 1 atom stereocenters. The first-order chi connectivity index (χ1) is 9.53. The normalized spacial score (nSPS) is 13.5. The summed E-state index contributed by atoms with van der Waals surface area (Å²) in [6.45, 7) is 2.21. The summed E-state index contributed by atoms with van der Waals surface area (Å²) in [7, 11) is -3.45. The molecule has 0 bridgehead atoms. The molecule has 2 heterocycles. The summed E-state index contributed by atoms with van der Waals surface area (Å²) in [4.78, 5) is 1.05. The fourth-order valence-electron chi connectivity index (χ4n) is 1.73. The molecule has 0 aliphatic carbocycles. The molecule has 4 nitrogen and oxygen atoms in total. The molecular weight excluding hydrogens is 314 g/mol. The van der Waals surface area contributed by atoms with E-state index < -0.39 is 16.1 Å². The van der Waals surface area contributed by atoms with Crippen LogP contribution in [0.4, 0.5) is 0 Å². The van der Waals surface area contributed by atoms with Gasteiger partial charge in [0.2, 0.25) is 10.0 Å².